The van der Waals surface area contributed by atoms with Crippen LogP contribution in [0.2, 0.25) is 10.0 Å². The first-order chi connectivity index (χ1) is 14.8. The van der Waals surface area contributed by atoms with Crippen molar-refractivity contribution in [2.75, 3.05) is 11.9 Å². The standard InChI is InChI=1S/C22H15Cl2FN2O4/c23-15-7-6-14(22(29)30)10-19(15)26-11-13-5-8-20(16(24)9-13)31-12-21(28)27-18-4-2-1-3-17(18)25/h1-11H,12H2,(H,27,28)(H,29,30). The van der Waals surface area contributed by atoms with E-state index in [-0.39, 0.29) is 28.6 Å². The Kier molecular flexibility index (Phi) is 7.23. The van der Waals surface area contributed by atoms with Crippen LogP contribution < -0.4 is 10.1 Å². The Labute approximate surface area is 186 Å². The topological polar surface area (TPSA) is 88.0 Å². The van der Waals surface area contributed by atoms with Crippen molar-refractivity contribution in [1.82, 2.24) is 0 Å². The van der Waals surface area contributed by atoms with Crippen molar-refractivity contribution in [3.05, 3.63) is 87.7 Å². The molecule has 1 amide bonds. The van der Waals surface area contributed by atoms with E-state index in [0.717, 1.165) is 0 Å². The summed E-state index contributed by atoms with van der Waals surface area (Å²) in [5.41, 5.74) is 1.01. The molecular weight excluding hydrogens is 446 g/mol. The average molecular weight is 461 g/mol. The van der Waals surface area contributed by atoms with Gasteiger partial charge in [0.05, 0.1) is 27.0 Å². The van der Waals surface area contributed by atoms with Crippen molar-refractivity contribution in [1.29, 1.82) is 0 Å². The zero-order valence-electron chi connectivity index (χ0n) is 15.8. The SMILES string of the molecule is O=C(COc1ccc(C=Nc2cc(C(=O)O)ccc2Cl)cc1Cl)Nc1ccccc1F. The number of carbonyl (C=O) groups excluding carboxylic acids is 1. The maximum absolute atomic E-state index is 13.6. The van der Waals surface area contributed by atoms with Gasteiger partial charge in [0, 0.05) is 6.21 Å². The molecule has 3 aromatic carbocycles. The lowest BCUT2D eigenvalue weighted by Crippen LogP contribution is -2.20. The molecule has 0 spiro atoms. The molecule has 6 nitrogen and oxygen atoms in total. The van der Waals surface area contributed by atoms with Crippen molar-refractivity contribution in [3.8, 4) is 5.75 Å². The highest BCUT2D eigenvalue weighted by Crippen LogP contribution is 2.28. The number of nitrogens with one attached hydrogen (secondary N) is 1. The second-order valence-electron chi connectivity index (χ2n) is 6.24. The molecular formula is C22H15Cl2FN2O4. The number of ether oxygens (including phenoxy) is 1. The summed E-state index contributed by atoms with van der Waals surface area (Å²) >= 11 is 12.2. The summed E-state index contributed by atoms with van der Waals surface area (Å²) in [6, 6.07) is 14.7. The summed E-state index contributed by atoms with van der Waals surface area (Å²) in [7, 11) is 0. The fourth-order valence-electron chi connectivity index (χ4n) is 2.50. The van der Waals surface area contributed by atoms with E-state index in [4.69, 9.17) is 33.0 Å². The number of amides is 1. The monoisotopic (exact) mass is 460 g/mol. The Morgan fingerprint density at radius 3 is 2.55 bits per heavy atom. The van der Waals surface area contributed by atoms with Crippen LogP contribution in [-0.2, 0) is 4.79 Å². The van der Waals surface area contributed by atoms with Gasteiger partial charge in [-0.3, -0.25) is 9.79 Å². The van der Waals surface area contributed by atoms with Gasteiger partial charge in [-0.1, -0.05) is 35.3 Å². The minimum Gasteiger partial charge on any atom is -0.482 e. The second kappa shape index (κ2) is 10.1. The zero-order valence-corrected chi connectivity index (χ0v) is 17.3. The predicted octanol–water partition coefficient (Wildman–Crippen LogP) is 5.60. The second-order valence-corrected chi connectivity index (χ2v) is 7.05. The Hall–Kier alpha value is -3.42. The van der Waals surface area contributed by atoms with Crippen molar-refractivity contribution in [2.45, 2.75) is 0 Å². The number of aliphatic imine (C=N–C) groups is 1. The van der Waals surface area contributed by atoms with Crippen LogP contribution in [0.4, 0.5) is 15.8 Å². The van der Waals surface area contributed by atoms with E-state index in [9.17, 15) is 14.0 Å². The fourth-order valence-corrected chi connectivity index (χ4v) is 2.91. The van der Waals surface area contributed by atoms with Crippen LogP contribution >= 0.6 is 23.2 Å². The minimum atomic E-state index is -1.09. The Balaban J connectivity index is 1.64. The van der Waals surface area contributed by atoms with Crippen molar-refractivity contribution in [3.63, 3.8) is 0 Å². The first kappa shape index (κ1) is 22.3. The molecule has 0 radical (unpaired) electrons. The van der Waals surface area contributed by atoms with E-state index < -0.39 is 17.7 Å². The van der Waals surface area contributed by atoms with E-state index in [2.05, 4.69) is 10.3 Å². The number of benzene rings is 3. The Bertz CT molecular complexity index is 1170. The van der Waals surface area contributed by atoms with Gasteiger partial charge in [0.2, 0.25) is 0 Å². The van der Waals surface area contributed by atoms with Gasteiger partial charge in [0.1, 0.15) is 11.6 Å². The van der Waals surface area contributed by atoms with E-state index in [0.29, 0.717) is 16.3 Å². The number of nitrogens with zero attached hydrogens (tertiary/aromatic N) is 1. The van der Waals surface area contributed by atoms with Gasteiger partial charge in [-0.25, -0.2) is 9.18 Å². The smallest absolute Gasteiger partial charge is 0.335 e. The van der Waals surface area contributed by atoms with Crippen LogP contribution in [0.15, 0.2) is 65.7 Å². The number of rotatable bonds is 7. The Morgan fingerprint density at radius 2 is 1.84 bits per heavy atom. The van der Waals surface area contributed by atoms with Gasteiger partial charge in [0.15, 0.2) is 6.61 Å². The molecule has 0 fully saturated rings. The molecule has 0 saturated carbocycles. The van der Waals surface area contributed by atoms with Gasteiger partial charge >= 0.3 is 5.97 Å². The first-order valence-corrected chi connectivity index (χ1v) is 9.62. The molecule has 9 heteroatoms. The normalized spacial score (nSPS) is 10.8. The molecule has 0 unspecified atom stereocenters. The molecule has 158 valence electrons. The molecule has 31 heavy (non-hydrogen) atoms. The lowest BCUT2D eigenvalue weighted by molar-refractivity contribution is -0.118. The number of carboxylic acids is 1. The van der Waals surface area contributed by atoms with Gasteiger partial charge in [-0.2, -0.15) is 0 Å². The molecule has 3 rings (SSSR count). The number of carbonyl (C=O) groups is 2. The molecule has 2 N–H and O–H groups in total. The predicted molar refractivity (Wildman–Crippen MR) is 118 cm³/mol. The van der Waals surface area contributed by atoms with Crippen molar-refractivity contribution < 1.29 is 23.8 Å². The molecule has 0 saturated heterocycles. The van der Waals surface area contributed by atoms with Crippen molar-refractivity contribution in [2.24, 2.45) is 4.99 Å². The molecule has 0 aliphatic heterocycles. The summed E-state index contributed by atoms with van der Waals surface area (Å²) in [6.07, 6.45) is 1.47. The summed E-state index contributed by atoms with van der Waals surface area (Å²) < 4.78 is 19.0. The highest BCUT2D eigenvalue weighted by atomic mass is 35.5. The molecule has 3 aromatic rings. The van der Waals surface area contributed by atoms with E-state index in [1.54, 1.807) is 24.3 Å². The number of aromatic carboxylic acids is 1. The van der Waals surface area contributed by atoms with E-state index in [1.165, 1.54) is 42.6 Å². The third-order valence-corrected chi connectivity index (χ3v) is 4.62. The molecule has 0 atom stereocenters. The number of hydrogen-bond acceptors (Lipinski definition) is 4. The van der Waals surface area contributed by atoms with Gasteiger partial charge in [-0.15, -0.1) is 0 Å². The third-order valence-electron chi connectivity index (χ3n) is 4.01. The lowest BCUT2D eigenvalue weighted by Gasteiger charge is -2.09. The van der Waals surface area contributed by atoms with Gasteiger partial charge in [-0.05, 0) is 54.1 Å². The van der Waals surface area contributed by atoms with Gasteiger partial charge < -0.3 is 15.2 Å². The maximum atomic E-state index is 13.6. The quantitative estimate of drug-likeness (QED) is 0.449. The van der Waals surface area contributed by atoms with Crippen LogP contribution in [-0.4, -0.2) is 29.8 Å². The number of carboxylic acid groups (broad SMARTS) is 1. The van der Waals surface area contributed by atoms with E-state index in [1.807, 2.05) is 0 Å². The summed E-state index contributed by atoms with van der Waals surface area (Å²) in [6.45, 7) is -0.362. The first-order valence-electron chi connectivity index (χ1n) is 8.87. The van der Waals surface area contributed by atoms with E-state index >= 15 is 0 Å². The Morgan fingerprint density at radius 1 is 1.06 bits per heavy atom. The highest BCUT2D eigenvalue weighted by Gasteiger charge is 2.10. The zero-order chi connectivity index (χ0) is 22.4. The molecule has 0 aromatic heterocycles. The lowest BCUT2D eigenvalue weighted by atomic mass is 10.2. The average Bonchev–Trinajstić information content (AvgIpc) is 2.74. The summed E-state index contributed by atoms with van der Waals surface area (Å²) in [4.78, 5) is 27.2. The highest BCUT2D eigenvalue weighted by molar-refractivity contribution is 6.33. The van der Waals surface area contributed by atoms with Crippen LogP contribution in [0.3, 0.4) is 0 Å². The number of halogens is 3. The number of anilines is 1. The molecule has 0 heterocycles. The maximum Gasteiger partial charge on any atom is 0.335 e. The fraction of sp³-hybridized carbons (Fsp3) is 0.0455. The number of hydrogen-bond donors (Lipinski definition) is 2. The van der Waals surface area contributed by atoms with Crippen LogP contribution in [0.25, 0.3) is 0 Å². The summed E-state index contributed by atoms with van der Waals surface area (Å²) in [5.74, 6) is -1.92. The van der Waals surface area contributed by atoms with Crippen LogP contribution in [0, 0.1) is 5.82 Å². The largest absolute Gasteiger partial charge is 0.482 e. The molecule has 0 aliphatic rings. The van der Waals surface area contributed by atoms with Crippen LogP contribution in [0.1, 0.15) is 15.9 Å². The van der Waals surface area contributed by atoms with Gasteiger partial charge in [0.25, 0.3) is 5.91 Å². The van der Waals surface area contributed by atoms with Crippen molar-refractivity contribution >= 4 is 52.7 Å². The molecule has 0 aliphatic carbocycles. The third kappa shape index (κ3) is 6.04. The van der Waals surface area contributed by atoms with Crippen LogP contribution in [0.5, 0.6) is 5.75 Å². The number of para-hydroxylation sites is 1. The molecule has 0 bridgehead atoms. The minimum absolute atomic E-state index is 0.0550. The summed E-state index contributed by atoms with van der Waals surface area (Å²) in [5, 5.41) is 12.0.